The SMILES string of the molecule is CC(C)=CCC/C(C)=C/Cc1c(C)c(O)c(N)c(CO)c1O. The third-order valence-corrected chi connectivity index (χ3v) is 3.86. The Labute approximate surface area is 132 Å². The van der Waals surface area contributed by atoms with E-state index in [4.69, 9.17) is 5.73 Å². The average molecular weight is 305 g/mol. The summed E-state index contributed by atoms with van der Waals surface area (Å²) in [6, 6.07) is 0. The molecule has 0 radical (unpaired) electrons. The first-order valence-electron chi connectivity index (χ1n) is 7.51. The minimum Gasteiger partial charge on any atom is -0.507 e. The zero-order valence-electron chi connectivity index (χ0n) is 13.9. The predicted octanol–water partition coefficient (Wildman–Crippen LogP) is 3.72. The Bertz CT molecular complexity index is 597. The Morgan fingerprint density at radius 3 is 2.23 bits per heavy atom. The lowest BCUT2D eigenvalue weighted by molar-refractivity contribution is 0.275. The zero-order valence-corrected chi connectivity index (χ0v) is 13.9. The van der Waals surface area contributed by atoms with E-state index in [0.29, 0.717) is 17.5 Å². The lowest BCUT2D eigenvalue weighted by Gasteiger charge is -2.15. The van der Waals surface area contributed by atoms with Gasteiger partial charge in [-0.25, -0.2) is 0 Å². The van der Waals surface area contributed by atoms with Crippen LogP contribution in [-0.4, -0.2) is 15.3 Å². The van der Waals surface area contributed by atoms with Gasteiger partial charge in [-0.1, -0.05) is 23.3 Å². The smallest absolute Gasteiger partial charge is 0.142 e. The van der Waals surface area contributed by atoms with Gasteiger partial charge in [0.2, 0.25) is 0 Å². The molecule has 0 atom stereocenters. The van der Waals surface area contributed by atoms with E-state index in [-0.39, 0.29) is 22.7 Å². The van der Waals surface area contributed by atoms with E-state index in [1.54, 1.807) is 6.92 Å². The maximum Gasteiger partial charge on any atom is 0.142 e. The minimum atomic E-state index is -0.401. The summed E-state index contributed by atoms with van der Waals surface area (Å²) < 4.78 is 0. The number of phenolic OH excluding ortho intramolecular Hbond substituents is 1. The molecule has 0 saturated heterocycles. The van der Waals surface area contributed by atoms with E-state index >= 15 is 0 Å². The zero-order chi connectivity index (χ0) is 16.9. The first-order chi connectivity index (χ1) is 10.3. The summed E-state index contributed by atoms with van der Waals surface area (Å²) in [7, 11) is 0. The van der Waals surface area contributed by atoms with E-state index in [9.17, 15) is 15.3 Å². The molecule has 22 heavy (non-hydrogen) atoms. The maximum absolute atomic E-state index is 10.2. The molecule has 1 aromatic carbocycles. The van der Waals surface area contributed by atoms with E-state index in [1.165, 1.54) is 11.1 Å². The van der Waals surface area contributed by atoms with Crippen molar-refractivity contribution < 1.29 is 15.3 Å². The molecule has 0 aliphatic carbocycles. The number of rotatable bonds is 6. The van der Waals surface area contributed by atoms with Crippen molar-refractivity contribution in [3.63, 3.8) is 0 Å². The molecular formula is C18H27NO3. The van der Waals surface area contributed by atoms with Crippen LogP contribution in [0.5, 0.6) is 11.5 Å². The van der Waals surface area contributed by atoms with Crippen LogP contribution in [0, 0.1) is 6.92 Å². The van der Waals surface area contributed by atoms with Crippen LogP contribution >= 0.6 is 0 Å². The number of aliphatic hydroxyl groups is 1. The molecule has 0 bridgehead atoms. The van der Waals surface area contributed by atoms with Gasteiger partial charge in [-0.2, -0.15) is 0 Å². The molecule has 0 heterocycles. The number of hydrogen-bond acceptors (Lipinski definition) is 4. The Kier molecular flexibility index (Phi) is 6.50. The number of phenols is 2. The van der Waals surface area contributed by atoms with Crippen LogP contribution in [0.3, 0.4) is 0 Å². The van der Waals surface area contributed by atoms with Gasteiger partial charge in [0.25, 0.3) is 0 Å². The Morgan fingerprint density at radius 1 is 1.05 bits per heavy atom. The second-order valence-corrected chi connectivity index (χ2v) is 5.93. The van der Waals surface area contributed by atoms with Gasteiger partial charge in [0.05, 0.1) is 12.3 Å². The molecule has 5 N–H and O–H groups in total. The van der Waals surface area contributed by atoms with Crippen molar-refractivity contribution in [2.24, 2.45) is 0 Å². The molecule has 1 aromatic rings. The summed E-state index contributed by atoms with van der Waals surface area (Å²) in [5, 5.41) is 29.6. The second-order valence-electron chi connectivity index (χ2n) is 5.93. The van der Waals surface area contributed by atoms with Crippen molar-refractivity contribution in [1.29, 1.82) is 0 Å². The third-order valence-electron chi connectivity index (χ3n) is 3.86. The number of aliphatic hydroxyl groups excluding tert-OH is 1. The Morgan fingerprint density at radius 2 is 1.68 bits per heavy atom. The van der Waals surface area contributed by atoms with Crippen LogP contribution in [0.25, 0.3) is 0 Å². The molecule has 0 aliphatic heterocycles. The molecule has 0 amide bonds. The Balaban J connectivity index is 2.99. The molecule has 0 unspecified atom stereocenters. The number of allylic oxidation sites excluding steroid dienone is 4. The fraction of sp³-hybridized carbons (Fsp3) is 0.444. The van der Waals surface area contributed by atoms with E-state index in [1.807, 2.05) is 6.08 Å². The van der Waals surface area contributed by atoms with Crippen LogP contribution in [0.1, 0.15) is 50.3 Å². The summed E-state index contributed by atoms with van der Waals surface area (Å²) >= 11 is 0. The number of anilines is 1. The molecule has 1 rings (SSSR count). The first kappa shape index (κ1) is 18.1. The second kappa shape index (κ2) is 7.90. The van der Waals surface area contributed by atoms with Gasteiger partial charge >= 0.3 is 0 Å². The minimum absolute atomic E-state index is 0.0244. The average Bonchev–Trinajstić information content (AvgIpc) is 2.45. The van der Waals surface area contributed by atoms with Gasteiger partial charge < -0.3 is 21.1 Å². The quantitative estimate of drug-likeness (QED) is 0.279. The lowest BCUT2D eigenvalue weighted by Crippen LogP contribution is -2.01. The number of nitrogens with two attached hydrogens (primary N) is 1. The molecule has 0 aromatic heterocycles. The Hall–Kier alpha value is -1.94. The predicted molar refractivity (Wildman–Crippen MR) is 91.0 cm³/mol. The third kappa shape index (κ3) is 4.28. The maximum atomic E-state index is 10.2. The van der Waals surface area contributed by atoms with Gasteiger partial charge in [0, 0.05) is 16.7 Å². The number of benzene rings is 1. The van der Waals surface area contributed by atoms with E-state index < -0.39 is 6.61 Å². The van der Waals surface area contributed by atoms with Crippen LogP contribution in [0.15, 0.2) is 23.3 Å². The van der Waals surface area contributed by atoms with Crippen LogP contribution < -0.4 is 5.73 Å². The highest BCUT2D eigenvalue weighted by Gasteiger charge is 2.18. The van der Waals surface area contributed by atoms with Crippen molar-refractivity contribution in [1.82, 2.24) is 0 Å². The largest absolute Gasteiger partial charge is 0.507 e. The molecule has 0 fully saturated rings. The van der Waals surface area contributed by atoms with Crippen molar-refractivity contribution in [2.45, 2.75) is 53.6 Å². The highest BCUT2D eigenvalue weighted by Crippen LogP contribution is 2.39. The molecule has 4 nitrogen and oxygen atoms in total. The van der Waals surface area contributed by atoms with Gasteiger partial charge in [0.15, 0.2) is 0 Å². The molecule has 0 spiro atoms. The molecule has 0 saturated carbocycles. The number of hydrogen-bond donors (Lipinski definition) is 4. The molecule has 122 valence electrons. The van der Waals surface area contributed by atoms with Crippen LogP contribution in [-0.2, 0) is 13.0 Å². The van der Waals surface area contributed by atoms with E-state index in [0.717, 1.165) is 12.8 Å². The topological polar surface area (TPSA) is 86.7 Å². The molecule has 0 aliphatic rings. The lowest BCUT2D eigenvalue weighted by atomic mass is 9.96. The van der Waals surface area contributed by atoms with Gasteiger partial charge in [-0.15, -0.1) is 0 Å². The fourth-order valence-electron chi connectivity index (χ4n) is 2.35. The highest BCUT2D eigenvalue weighted by atomic mass is 16.3. The summed E-state index contributed by atoms with van der Waals surface area (Å²) in [6.45, 7) is 7.52. The summed E-state index contributed by atoms with van der Waals surface area (Å²) in [6.07, 6.45) is 6.68. The van der Waals surface area contributed by atoms with E-state index in [2.05, 4.69) is 26.8 Å². The van der Waals surface area contributed by atoms with Crippen molar-refractivity contribution in [2.75, 3.05) is 5.73 Å². The van der Waals surface area contributed by atoms with Crippen molar-refractivity contribution in [3.8, 4) is 11.5 Å². The highest BCUT2D eigenvalue weighted by molar-refractivity contribution is 5.69. The monoisotopic (exact) mass is 305 g/mol. The van der Waals surface area contributed by atoms with Crippen LogP contribution in [0.2, 0.25) is 0 Å². The molecular weight excluding hydrogens is 278 g/mol. The summed E-state index contributed by atoms with van der Waals surface area (Å²) in [4.78, 5) is 0. The van der Waals surface area contributed by atoms with Gasteiger partial charge in [-0.05, 0) is 47.0 Å². The molecule has 4 heteroatoms. The van der Waals surface area contributed by atoms with Crippen molar-refractivity contribution in [3.05, 3.63) is 40.0 Å². The summed E-state index contributed by atoms with van der Waals surface area (Å²) in [5.41, 5.74) is 9.65. The van der Waals surface area contributed by atoms with Gasteiger partial charge in [0.1, 0.15) is 11.5 Å². The van der Waals surface area contributed by atoms with Crippen LogP contribution in [0.4, 0.5) is 5.69 Å². The van der Waals surface area contributed by atoms with Gasteiger partial charge in [-0.3, -0.25) is 0 Å². The first-order valence-corrected chi connectivity index (χ1v) is 7.51. The number of aromatic hydroxyl groups is 2. The normalized spacial score (nSPS) is 11.6. The number of nitrogen functional groups attached to an aromatic ring is 1. The fourth-order valence-corrected chi connectivity index (χ4v) is 2.35. The standard InChI is InChI=1S/C18H27NO3/c1-11(2)6-5-7-12(3)8-9-14-13(4)17(21)16(19)15(10-20)18(14)22/h6,8,20-22H,5,7,9-10,19H2,1-4H3/b12-8+. The summed E-state index contributed by atoms with van der Waals surface area (Å²) in [5.74, 6) is -0.0870. The van der Waals surface area contributed by atoms with Crippen molar-refractivity contribution >= 4 is 5.69 Å².